The number of anilines is 1. The zero-order chi connectivity index (χ0) is 18.6. The SMILES string of the molecule is COc1c(Br)cc(Br)cc1C(=O)Nc1ccc(C(=O)OC(C)C)cc1. The summed E-state index contributed by atoms with van der Waals surface area (Å²) in [6.45, 7) is 3.58. The van der Waals surface area contributed by atoms with E-state index >= 15 is 0 Å². The van der Waals surface area contributed by atoms with E-state index in [0.29, 0.717) is 27.0 Å². The van der Waals surface area contributed by atoms with Crippen LogP contribution < -0.4 is 10.1 Å². The van der Waals surface area contributed by atoms with Crippen LogP contribution in [-0.4, -0.2) is 25.1 Å². The van der Waals surface area contributed by atoms with Gasteiger partial charge in [0.05, 0.1) is 28.8 Å². The Kier molecular flexibility index (Phi) is 6.61. The van der Waals surface area contributed by atoms with Gasteiger partial charge in [0.25, 0.3) is 5.91 Å². The van der Waals surface area contributed by atoms with Crippen LogP contribution in [0.4, 0.5) is 5.69 Å². The maximum Gasteiger partial charge on any atom is 0.338 e. The standard InChI is InChI=1S/C18H17Br2NO4/c1-10(2)25-18(23)11-4-6-13(7-5-11)21-17(22)14-8-12(19)9-15(20)16(14)24-3/h4-10H,1-3H3,(H,21,22). The average Bonchev–Trinajstić information content (AvgIpc) is 2.54. The molecule has 2 aromatic carbocycles. The molecular formula is C18H17Br2NO4. The Morgan fingerprint density at radius 2 is 1.72 bits per heavy atom. The third kappa shape index (κ3) is 5.06. The van der Waals surface area contributed by atoms with Gasteiger partial charge >= 0.3 is 5.97 Å². The smallest absolute Gasteiger partial charge is 0.338 e. The molecule has 2 aromatic rings. The molecule has 0 atom stereocenters. The van der Waals surface area contributed by atoms with Crippen molar-refractivity contribution < 1.29 is 19.1 Å². The third-order valence-electron chi connectivity index (χ3n) is 3.18. The van der Waals surface area contributed by atoms with Crippen LogP contribution in [0.2, 0.25) is 0 Å². The van der Waals surface area contributed by atoms with Gasteiger partial charge in [0, 0.05) is 10.2 Å². The lowest BCUT2D eigenvalue weighted by Crippen LogP contribution is -2.14. The topological polar surface area (TPSA) is 64.6 Å². The predicted octanol–water partition coefficient (Wildman–Crippen LogP) is 5.04. The minimum absolute atomic E-state index is 0.186. The average molecular weight is 471 g/mol. The molecule has 1 N–H and O–H groups in total. The fourth-order valence-electron chi connectivity index (χ4n) is 2.11. The second-order valence-electron chi connectivity index (χ2n) is 5.45. The van der Waals surface area contributed by atoms with Gasteiger partial charge in [-0.05, 0) is 66.2 Å². The fraction of sp³-hybridized carbons (Fsp3) is 0.222. The molecule has 7 heteroatoms. The summed E-state index contributed by atoms with van der Waals surface area (Å²) < 4.78 is 11.8. The Balaban J connectivity index is 2.18. The highest BCUT2D eigenvalue weighted by atomic mass is 79.9. The molecule has 0 aliphatic rings. The molecule has 0 spiro atoms. The number of amides is 1. The van der Waals surface area contributed by atoms with Crippen LogP contribution in [0.1, 0.15) is 34.6 Å². The molecule has 0 aromatic heterocycles. The van der Waals surface area contributed by atoms with E-state index in [1.165, 1.54) is 7.11 Å². The summed E-state index contributed by atoms with van der Waals surface area (Å²) in [5, 5.41) is 2.78. The van der Waals surface area contributed by atoms with Gasteiger partial charge in [-0.3, -0.25) is 4.79 Å². The van der Waals surface area contributed by atoms with Crippen LogP contribution in [-0.2, 0) is 4.74 Å². The number of rotatable bonds is 5. The van der Waals surface area contributed by atoms with Gasteiger partial charge in [0.1, 0.15) is 5.75 Å². The monoisotopic (exact) mass is 469 g/mol. The van der Waals surface area contributed by atoms with E-state index in [0.717, 1.165) is 4.47 Å². The molecule has 0 fully saturated rings. The van der Waals surface area contributed by atoms with E-state index in [1.54, 1.807) is 50.2 Å². The van der Waals surface area contributed by atoms with Crippen molar-refractivity contribution in [3.05, 3.63) is 56.5 Å². The number of ether oxygens (including phenoxy) is 2. The van der Waals surface area contributed by atoms with Crippen molar-refractivity contribution in [2.24, 2.45) is 0 Å². The lowest BCUT2D eigenvalue weighted by atomic mass is 10.1. The zero-order valence-electron chi connectivity index (χ0n) is 13.9. The number of esters is 1. The van der Waals surface area contributed by atoms with Crippen LogP contribution in [0.15, 0.2) is 45.3 Å². The summed E-state index contributed by atoms with van der Waals surface area (Å²) in [6.07, 6.45) is -0.186. The van der Waals surface area contributed by atoms with Crippen molar-refractivity contribution >= 4 is 49.4 Å². The predicted molar refractivity (Wildman–Crippen MR) is 103 cm³/mol. The van der Waals surface area contributed by atoms with E-state index in [-0.39, 0.29) is 12.0 Å². The van der Waals surface area contributed by atoms with Crippen molar-refractivity contribution in [1.29, 1.82) is 0 Å². The normalized spacial score (nSPS) is 10.5. The van der Waals surface area contributed by atoms with Gasteiger partial charge in [-0.15, -0.1) is 0 Å². The van der Waals surface area contributed by atoms with Crippen LogP contribution in [0, 0.1) is 0 Å². The number of halogens is 2. The Labute approximate surface area is 163 Å². The zero-order valence-corrected chi connectivity index (χ0v) is 17.1. The van der Waals surface area contributed by atoms with Gasteiger partial charge in [-0.2, -0.15) is 0 Å². The first-order chi connectivity index (χ1) is 11.8. The molecule has 0 bridgehead atoms. The molecule has 0 unspecified atom stereocenters. The highest BCUT2D eigenvalue weighted by Crippen LogP contribution is 2.33. The fourth-order valence-corrected chi connectivity index (χ4v) is 3.49. The lowest BCUT2D eigenvalue weighted by Gasteiger charge is -2.12. The molecule has 0 saturated heterocycles. The molecule has 0 aliphatic carbocycles. The summed E-state index contributed by atoms with van der Waals surface area (Å²) in [7, 11) is 1.50. The quantitative estimate of drug-likeness (QED) is 0.622. The summed E-state index contributed by atoms with van der Waals surface area (Å²) in [4.78, 5) is 24.4. The van der Waals surface area contributed by atoms with Crippen LogP contribution >= 0.6 is 31.9 Å². The number of benzene rings is 2. The van der Waals surface area contributed by atoms with Crippen molar-refractivity contribution in [1.82, 2.24) is 0 Å². The maximum absolute atomic E-state index is 12.5. The minimum atomic E-state index is -0.398. The molecule has 0 saturated carbocycles. The maximum atomic E-state index is 12.5. The molecular weight excluding hydrogens is 454 g/mol. The Morgan fingerprint density at radius 3 is 2.28 bits per heavy atom. The number of nitrogens with one attached hydrogen (secondary N) is 1. The van der Waals surface area contributed by atoms with Gasteiger partial charge < -0.3 is 14.8 Å². The van der Waals surface area contributed by atoms with Crippen molar-refractivity contribution in [3.8, 4) is 5.75 Å². The molecule has 2 rings (SSSR count). The van der Waals surface area contributed by atoms with Gasteiger partial charge in [0.15, 0.2) is 0 Å². The van der Waals surface area contributed by atoms with Crippen LogP contribution in [0.3, 0.4) is 0 Å². The molecule has 25 heavy (non-hydrogen) atoms. The Bertz CT molecular complexity index is 788. The van der Waals surface area contributed by atoms with E-state index in [4.69, 9.17) is 9.47 Å². The van der Waals surface area contributed by atoms with Crippen molar-refractivity contribution in [3.63, 3.8) is 0 Å². The molecule has 1 amide bonds. The molecule has 5 nitrogen and oxygen atoms in total. The van der Waals surface area contributed by atoms with E-state index < -0.39 is 5.97 Å². The summed E-state index contributed by atoms with van der Waals surface area (Å²) >= 11 is 6.73. The molecule has 0 heterocycles. The Hall–Kier alpha value is -1.86. The molecule has 132 valence electrons. The summed E-state index contributed by atoms with van der Waals surface area (Å²) in [5.74, 6) is -0.278. The highest BCUT2D eigenvalue weighted by molar-refractivity contribution is 9.11. The summed E-state index contributed by atoms with van der Waals surface area (Å²) in [6, 6.07) is 9.98. The third-order valence-corrected chi connectivity index (χ3v) is 4.23. The number of carbonyl (C=O) groups is 2. The molecule has 0 aliphatic heterocycles. The second kappa shape index (κ2) is 8.49. The van der Waals surface area contributed by atoms with E-state index in [9.17, 15) is 9.59 Å². The number of methoxy groups -OCH3 is 1. The Morgan fingerprint density at radius 1 is 1.08 bits per heavy atom. The number of carbonyl (C=O) groups excluding carboxylic acids is 2. The number of hydrogen-bond acceptors (Lipinski definition) is 4. The second-order valence-corrected chi connectivity index (χ2v) is 7.22. The largest absolute Gasteiger partial charge is 0.495 e. The van der Waals surface area contributed by atoms with Gasteiger partial charge in [-0.25, -0.2) is 4.79 Å². The molecule has 0 radical (unpaired) electrons. The van der Waals surface area contributed by atoms with E-state index in [1.807, 2.05) is 0 Å². The van der Waals surface area contributed by atoms with Crippen molar-refractivity contribution in [2.45, 2.75) is 20.0 Å². The minimum Gasteiger partial charge on any atom is -0.495 e. The lowest BCUT2D eigenvalue weighted by molar-refractivity contribution is 0.0378. The van der Waals surface area contributed by atoms with Crippen LogP contribution in [0.25, 0.3) is 0 Å². The first kappa shape index (κ1) is 19.5. The first-order valence-electron chi connectivity index (χ1n) is 7.47. The van der Waals surface area contributed by atoms with Gasteiger partial charge in [0.2, 0.25) is 0 Å². The van der Waals surface area contributed by atoms with Gasteiger partial charge in [-0.1, -0.05) is 15.9 Å². The van der Waals surface area contributed by atoms with E-state index in [2.05, 4.69) is 37.2 Å². The van der Waals surface area contributed by atoms with Crippen LogP contribution in [0.5, 0.6) is 5.75 Å². The highest BCUT2D eigenvalue weighted by Gasteiger charge is 2.17. The van der Waals surface area contributed by atoms with Crippen molar-refractivity contribution in [2.75, 3.05) is 12.4 Å². The number of hydrogen-bond donors (Lipinski definition) is 1. The summed E-state index contributed by atoms with van der Waals surface area (Å²) in [5.41, 5.74) is 1.37. The first-order valence-corrected chi connectivity index (χ1v) is 9.06.